The van der Waals surface area contributed by atoms with Crippen molar-refractivity contribution in [2.75, 3.05) is 0 Å². The van der Waals surface area contributed by atoms with Gasteiger partial charge in [-0.2, -0.15) is 10.5 Å². The van der Waals surface area contributed by atoms with Crippen molar-refractivity contribution >= 4 is 23.1 Å². The van der Waals surface area contributed by atoms with E-state index in [9.17, 15) is 4.57 Å². The molecule has 0 fully saturated rings. The molecule has 5 nitrogen and oxygen atoms in total. The van der Waals surface area contributed by atoms with Gasteiger partial charge in [-0.25, -0.2) is 0 Å². The predicted octanol–water partition coefficient (Wildman–Crippen LogP) is 6.65. The van der Waals surface area contributed by atoms with E-state index in [1.807, 2.05) is 54.6 Å². The zero-order chi connectivity index (χ0) is 26.4. The zero-order valence-corrected chi connectivity index (χ0v) is 21.1. The van der Waals surface area contributed by atoms with E-state index in [4.69, 9.17) is 20.0 Å². The summed E-state index contributed by atoms with van der Waals surface area (Å²) < 4.78 is 26.6. The molecule has 0 unspecified atom stereocenters. The standard InChI is InChI=1S/C32H21N2O3P/c33-22-24-6-10-26(11-7-24)36-28-14-18-31(19-15-28)38(35,30-4-2-1-3-5-30)32-20-16-29(17-21-32)37-27-12-8-25(23-34)9-13-27/h1-21H. The second-order valence-corrected chi connectivity index (χ2v) is 11.2. The van der Waals surface area contributed by atoms with Crippen LogP contribution in [0.5, 0.6) is 23.0 Å². The summed E-state index contributed by atoms with van der Waals surface area (Å²) in [6.07, 6.45) is 0. The molecule has 0 aliphatic rings. The molecule has 0 aliphatic carbocycles. The Labute approximate surface area is 221 Å². The maximum Gasteiger partial charge on any atom is 0.171 e. The first-order valence-corrected chi connectivity index (χ1v) is 13.5. The van der Waals surface area contributed by atoms with Crippen molar-refractivity contribution in [3.05, 3.63) is 139 Å². The average molecular weight is 513 g/mol. The molecule has 0 saturated carbocycles. The van der Waals surface area contributed by atoms with Crippen molar-refractivity contribution in [2.45, 2.75) is 0 Å². The Kier molecular flexibility index (Phi) is 7.05. The molecule has 0 atom stereocenters. The first-order chi connectivity index (χ1) is 18.6. The fraction of sp³-hybridized carbons (Fsp3) is 0. The van der Waals surface area contributed by atoms with E-state index in [0.29, 0.717) is 44.7 Å². The Morgan fingerprint density at radius 3 is 1.11 bits per heavy atom. The largest absolute Gasteiger partial charge is 0.457 e. The summed E-state index contributed by atoms with van der Waals surface area (Å²) in [7, 11) is -3.19. The van der Waals surface area contributed by atoms with Crippen molar-refractivity contribution in [3.63, 3.8) is 0 Å². The maximum atomic E-state index is 14.8. The van der Waals surface area contributed by atoms with Crippen LogP contribution in [0.25, 0.3) is 0 Å². The summed E-state index contributed by atoms with van der Waals surface area (Å²) in [6.45, 7) is 0. The molecule has 5 aromatic rings. The van der Waals surface area contributed by atoms with Gasteiger partial charge in [-0.1, -0.05) is 30.3 Å². The quantitative estimate of drug-likeness (QED) is 0.228. The molecule has 0 bridgehead atoms. The normalized spacial score (nSPS) is 10.7. The molecule has 5 aromatic carbocycles. The van der Waals surface area contributed by atoms with Gasteiger partial charge in [-0.15, -0.1) is 0 Å². The molecule has 6 heteroatoms. The second-order valence-electron chi connectivity index (χ2n) is 8.41. The van der Waals surface area contributed by atoms with Crippen molar-refractivity contribution in [3.8, 4) is 35.1 Å². The van der Waals surface area contributed by atoms with E-state index in [1.165, 1.54) is 0 Å². The summed E-state index contributed by atoms with van der Waals surface area (Å²) >= 11 is 0. The fourth-order valence-electron chi connectivity index (χ4n) is 4.00. The fourth-order valence-corrected chi connectivity index (χ4v) is 6.62. The Hall–Kier alpha value is -5.09. The summed E-state index contributed by atoms with van der Waals surface area (Å²) in [6, 6.07) is 41.8. The Morgan fingerprint density at radius 2 is 0.763 bits per heavy atom. The number of benzene rings is 5. The van der Waals surface area contributed by atoms with Crippen LogP contribution >= 0.6 is 7.14 Å². The number of rotatable bonds is 7. The van der Waals surface area contributed by atoms with E-state index in [1.54, 1.807) is 72.8 Å². The monoisotopic (exact) mass is 512 g/mol. The minimum Gasteiger partial charge on any atom is -0.457 e. The smallest absolute Gasteiger partial charge is 0.171 e. The molecule has 182 valence electrons. The second kappa shape index (κ2) is 10.9. The molecular weight excluding hydrogens is 491 g/mol. The molecule has 0 saturated heterocycles. The van der Waals surface area contributed by atoms with Gasteiger partial charge in [0.05, 0.1) is 23.3 Å². The van der Waals surface area contributed by atoms with Crippen LogP contribution in [-0.2, 0) is 4.57 Å². The van der Waals surface area contributed by atoms with Gasteiger partial charge in [0.1, 0.15) is 23.0 Å². The lowest BCUT2D eigenvalue weighted by Crippen LogP contribution is -2.24. The highest BCUT2D eigenvalue weighted by Crippen LogP contribution is 2.43. The van der Waals surface area contributed by atoms with Crippen LogP contribution in [-0.4, -0.2) is 0 Å². The highest BCUT2D eigenvalue weighted by molar-refractivity contribution is 7.85. The topological polar surface area (TPSA) is 83.1 Å². The van der Waals surface area contributed by atoms with Crippen LogP contribution in [0, 0.1) is 22.7 Å². The third-order valence-corrected chi connectivity index (χ3v) is 9.03. The van der Waals surface area contributed by atoms with Crippen molar-refractivity contribution in [1.29, 1.82) is 10.5 Å². The van der Waals surface area contributed by atoms with Gasteiger partial charge >= 0.3 is 0 Å². The number of nitrogens with zero attached hydrogens (tertiary/aromatic N) is 2. The molecule has 0 aliphatic heterocycles. The molecule has 0 spiro atoms. The number of nitriles is 2. The molecule has 0 heterocycles. The third-order valence-electron chi connectivity index (χ3n) is 5.96. The first kappa shape index (κ1) is 24.6. The minimum absolute atomic E-state index is 0.560. The van der Waals surface area contributed by atoms with Crippen LogP contribution in [0.15, 0.2) is 127 Å². The lowest BCUT2D eigenvalue weighted by atomic mass is 10.2. The molecule has 38 heavy (non-hydrogen) atoms. The van der Waals surface area contributed by atoms with E-state index < -0.39 is 7.14 Å². The summed E-state index contributed by atoms with van der Waals surface area (Å²) in [5.74, 6) is 2.43. The van der Waals surface area contributed by atoms with E-state index in [0.717, 1.165) is 5.30 Å². The van der Waals surface area contributed by atoms with Crippen LogP contribution in [0.4, 0.5) is 0 Å². The highest BCUT2D eigenvalue weighted by atomic mass is 31.2. The molecule has 0 amide bonds. The molecule has 0 radical (unpaired) electrons. The lowest BCUT2D eigenvalue weighted by Gasteiger charge is -2.20. The number of hydrogen-bond donors (Lipinski definition) is 0. The Balaban J connectivity index is 1.43. The maximum absolute atomic E-state index is 14.8. The Morgan fingerprint density at radius 1 is 0.447 bits per heavy atom. The van der Waals surface area contributed by atoms with Crippen LogP contribution in [0.3, 0.4) is 0 Å². The third kappa shape index (κ3) is 5.20. The molecule has 5 rings (SSSR count). The van der Waals surface area contributed by atoms with Crippen molar-refractivity contribution < 1.29 is 14.0 Å². The van der Waals surface area contributed by atoms with Gasteiger partial charge in [0.15, 0.2) is 7.14 Å². The van der Waals surface area contributed by atoms with Crippen LogP contribution < -0.4 is 25.4 Å². The van der Waals surface area contributed by atoms with Gasteiger partial charge in [0, 0.05) is 15.9 Å². The summed E-state index contributed by atoms with van der Waals surface area (Å²) in [5.41, 5.74) is 1.12. The highest BCUT2D eigenvalue weighted by Gasteiger charge is 2.29. The molecule has 0 N–H and O–H groups in total. The zero-order valence-electron chi connectivity index (χ0n) is 20.2. The predicted molar refractivity (Wildman–Crippen MR) is 148 cm³/mol. The van der Waals surface area contributed by atoms with Gasteiger partial charge in [0.25, 0.3) is 0 Å². The molecule has 0 aromatic heterocycles. The van der Waals surface area contributed by atoms with E-state index >= 15 is 0 Å². The lowest BCUT2D eigenvalue weighted by molar-refractivity contribution is 0.482. The minimum atomic E-state index is -3.19. The van der Waals surface area contributed by atoms with Crippen molar-refractivity contribution in [2.24, 2.45) is 0 Å². The van der Waals surface area contributed by atoms with E-state index in [2.05, 4.69) is 12.1 Å². The number of hydrogen-bond acceptors (Lipinski definition) is 5. The van der Waals surface area contributed by atoms with Gasteiger partial charge in [0.2, 0.25) is 0 Å². The van der Waals surface area contributed by atoms with Gasteiger partial charge in [-0.3, -0.25) is 0 Å². The average Bonchev–Trinajstić information content (AvgIpc) is 2.99. The van der Waals surface area contributed by atoms with Crippen LogP contribution in [0.1, 0.15) is 11.1 Å². The summed E-state index contributed by atoms with van der Waals surface area (Å²) in [4.78, 5) is 0. The van der Waals surface area contributed by atoms with Crippen molar-refractivity contribution in [1.82, 2.24) is 0 Å². The summed E-state index contributed by atoms with van der Waals surface area (Å²) in [5, 5.41) is 20.0. The van der Waals surface area contributed by atoms with Crippen LogP contribution in [0.2, 0.25) is 0 Å². The van der Waals surface area contributed by atoms with Gasteiger partial charge < -0.3 is 14.0 Å². The van der Waals surface area contributed by atoms with E-state index in [-0.39, 0.29) is 0 Å². The first-order valence-electron chi connectivity index (χ1n) is 11.8. The number of ether oxygens (including phenoxy) is 2. The Bertz CT molecular complexity index is 1560. The molecular formula is C32H21N2O3P. The SMILES string of the molecule is N#Cc1ccc(Oc2ccc(P(=O)(c3ccccc3)c3ccc(Oc4ccc(C#N)cc4)cc3)cc2)cc1. The van der Waals surface area contributed by atoms with Gasteiger partial charge in [-0.05, 0) is 97.1 Å².